The fourth-order valence-electron chi connectivity index (χ4n) is 3.14. The lowest BCUT2D eigenvalue weighted by molar-refractivity contribution is 1.06. The van der Waals surface area contributed by atoms with Gasteiger partial charge in [-0.1, -0.05) is 51.3 Å². The van der Waals surface area contributed by atoms with Gasteiger partial charge in [-0.05, 0) is 74.9 Å². The molecular weight excluding hydrogens is 252 g/mol. The van der Waals surface area contributed by atoms with Gasteiger partial charge in [0.1, 0.15) is 0 Å². The molecule has 0 saturated heterocycles. The molecule has 0 aromatic heterocycles. The number of hydrogen-bond donors (Lipinski definition) is 0. The maximum atomic E-state index is 3.89. The fourth-order valence-corrected chi connectivity index (χ4v) is 3.14. The van der Waals surface area contributed by atoms with Crippen molar-refractivity contribution in [2.24, 2.45) is 11.8 Å². The highest BCUT2D eigenvalue weighted by atomic mass is 14.4. The normalized spacial score (nSPS) is 20.9. The van der Waals surface area contributed by atoms with Crippen LogP contribution in [0.4, 0.5) is 0 Å². The Balaban J connectivity index is 0.000000636. The zero-order valence-corrected chi connectivity index (χ0v) is 12.9. The van der Waals surface area contributed by atoms with Crippen molar-refractivity contribution in [3.63, 3.8) is 0 Å². The Labute approximate surface area is 126 Å². The van der Waals surface area contributed by atoms with E-state index in [4.69, 9.17) is 0 Å². The zero-order chi connectivity index (χ0) is 15.0. The van der Waals surface area contributed by atoms with Gasteiger partial charge in [0.2, 0.25) is 0 Å². The van der Waals surface area contributed by atoms with Crippen LogP contribution in [0.5, 0.6) is 0 Å². The van der Waals surface area contributed by atoms with Gasteiger partial charge in [-0.15, -0.1) is 0 Å². The second-order valence-electron chi connectivity index (χ2n) is 5.61. The summed E-state index contributed by atoms with van der Waals surface area (Å²) in [7, 11) is 0. The molecule has 2 atom stereocenters. The molecule has 2 aromatic rings. The smallest absolute Gasteiger partial charge is 0.0155 e. The van der Waals surface area contributed by atoms with Gasteiger partial charge < -0.3 is 0 Å². The van der Waals surface area contributed by atoms with Gasteiger partial charge in [0.05, 0.1) is 0 Å². The van der Waals surface area contributed by atoms with Gasteiger partial charge in [0.25, 0.3) is 0 Å². The topological polar surface area (TPSA) is 0 Å². The third-order valence-electron chi connectivity index (χ3n) is 4.36. The van der Waals surface area contributed by atoms with E-state index in [2.05, 4.69) is 49.6 Å². The van der Waals surface area contributed by atoms with Crippen LogP contribution in [0.3, 0.4) is 0 Å². The Hall–Kier alpha value is -2.08. The maximum absolute atomic E-state index is 3.89. The lowest BCUT2D eigenvalue weighted by atomic mass is 9.97. The van der Waals surface area contributed by atoms with Crippen molar-refractivity contribution in [3.05, 3.63) is 59.0 Å². The first-order chi connectivity index (χ1) is 10.3. The Bertz CT molecular complexity index is 766. The molecular formula is C21H22. The minimum Gasteiger partial charge on any atom is -0.0984 e. The summed E-state index contributed by atoms with van der Waals surface area (Å²) in [4.78, 5) is 0. The van der Waals surface area contributed by atoms with Crippen molar-refractivity contribution < 1.29 is 0 Å². The molecule has 0 aliphatic heterocycles. The van der Waals surface area contributed by atoms with E-state index in [9.17, 15) is 0 Å². The third-order valence-corrected chi connectivity index (χ3v) is 4.36. The van der Waals surface area contributed by atoms with Crippen LogP contribution in [0.25, 0.3) is 35.1 Å². The largest absolute Gasteiger partial charge is 0.0984 e. The van der Waals surface area contributed by atoms with Crippen LogP contribution in [0, 0.1) is 11.8 Å². The number of fused-ring (bicyclic) bond motifs is 3. The van der Waals surface area contributed by atoms with E-state index in [1.54, 1.807) is 0 Å². The van der Waals surface area contributed by atoms with E-state index in [0.29, 0.717) is 0 Å². The SMILES string of the molecule is C=Cc1cc2cc3c(cc2cc1C=C)=CC1CC1C=3.CC. The molecule has 0 heterocycles. The lowest BCUT2D eigenvalue weighted by Gasteiger charge is -2.07. The molecule has 2 aliphatic carbocycles. The van der Waals surface area contributed by atoms with E-state index in [0.717, 1.165) is 23.0 Å². The van der Waals surface area contributed by atoms with Gasteiger partial charge in [0.15, 0.2) is 0 Å². The van der Waals surface area contributed by atoms with E-state index < -0.39 is 0 Å². The highest BCUT2D eigenvalue weighted by Gasteiger charge is 2.34. The molecule has 2 aromatic carbocycles. The third kappa shape index (κ3) is 2.35. The molecule has 4 rings (SSSR count). The van der Waals surface area contributed by atoms with Gasteiger partial charge in [-0.2, -0.15) is 0 Å². The van der Waals surface area contributed by atoms with Crippen LogP contribution in [0.2, 0.25) is 0 Å². The van der Waals surface area contributed by atoms with Crippen LogP contribution >= 0.6 is 0 Å². The lowest BCUT2D eigenvalue weighted by Crippen LogP contribution is -2.26. The first kappa shape index (κ1) is 13.9. The highest BCUT2D eigenvalue weighted by molar-refractivity contribution is 5.88. The van der Waals surface area contributed by atoms with Crippen LogP contribution < -0.4 is 10.4 Å². The van der Waals surface area contributed by atoms with Crippen LogP contribution in [-0.4, -0.2) is 0 Å². The molecule has 106 valence electrons. The van der Waals surface area contributed by atoms with Crippen molar-refractivity contribution in [2.45, 2.75) is 20.3 Å². The van der Waals surface area contributed by atoms with Crippen LogP contribution in [0.15, 0.2) is 37.4 Å². The zero-order valence-electron chi connectivity index (χ0n) is 12.9. The molecule has 0 nitrogen and oxygen atoms in total. The predicted molar refractivity (Wildman–Crippen MR) is 95.3 cm³/mol. The number of benzene rings is 2. The summed E-state index contributed by atoms with van der Waals surface area (Å²) in [6.07, 6.45) is 10.0. The van der Waals surface area contributed by atoms with Crippen molar-refractivity contribution in [2.75, 3.05) is 0 Å². The summed E-state index contributed by atoms with van der Waals surface area (Å²) >= 11 is 0. The summed E-state index contributed by atoms with van der Waals surface area (Å²) in [5.74, 6) is 1.60. The van der Waals surface area contributed by atoms with E-state index in [1.165, 1.54) is 27.6 Å². The summed E-state index contributed by atoms with van der Waals surface area (Å²) < 4.78 is 0. The van der Waals surface area contributed by atoms with Gasteiger partial charge in [0, 0.05) is 0 Å². The monoisotopic (exact) mass is 274 g/mol. The predicted octanol–water partition coefficient (Wildman–Crippen LogP) is 4.36. The summed E-state index contributed by atoms with van der Waals surface area (Å²) in [6, 6.07) is 9.06. The van der Waals surface area contributed by atoms with Crippen LogP contribution in [0.1, 0.15) is 31.4 Å². The maximum Gasteiger partial charge on any atom is -0.0155 e. The molecule has 0 bridgehead atoms. The van der Waals surface area contributed by atoms with Gasteiger partial charge in [-0.25, -0.2) is 0 Å². The first-order valence-corrected chi connectivity index (χ1v) is 7.85. The van der Waals surface area contributed by atoms with Gasteiger partial charge in [-0.3, -0.25) is 0 Å². The minimum absolute atomic E-state index is 0.802. The molecule has 1 saturated carbocycles. The summed E-state index contributed by atoms with van der Waals surface area (Å²) in [5, 5.41) is 5.38. The summed E-state index contributed by atoms with van der Waals surface area (Å²) in [6.45, 7) is 11.8. The molecule has 1 fully saturated rings. The fraction of sp³-hybridized carbons (Fsp3) is 0.238. The van der Waals surface area contributed by atoms with Crippen molar-refractivity contribution in [1.82, 2.24) is 0 Å². The Morgan fingerprint density at radius 3 is 1.62 bits per heavy atom. The Morgan fingerprint density at radius 1 is 0.810 bits per heavy atom. The average Bonchev–Trinajstić information content (AvgIpc) is 3.29. The minimum atomic E-state index is 0.802. The van der Waals surface area contributed by atoms with E-state index >= 15 is 0 Å². The Morgan fingerprint density at radius 2 is 1.24 bits per heavy atom. The molecule has 0 heteroatoms. The molecule has 21 heavy (non-hydrogen) atoms. The van der Waals surface area contributed by atoms with Crippen LogP contribution in [-0.2, 0) is 0 Å². The molecule has 0 radical (unpaired) electrons. The molecule has 0 N–H and O–H groups in total. The molecule has 0 amide bonds. The van der Waals surface area contributed by atoms with E-state index in [1.807, 2.05) is 26.0 Å². The number of rotatable bonds is 2. The van der Waals surface area contributed by atoms with Crippen molar-refractivity contribution in [1.29, 1.82) is 0 Å². The van der Waals surface area contributed by atoms with Crippen molar-refractivity contribution >= 4 is 35.1 Å². The number of hydrogen-bond acceptors (Lipinski definition) is 0. The Kier molecular flexibility index (Phi) is 3.55. The quantitative estimate of drug-likeness (QED) is 0.763. The molecule has 2 unspecified atom stereocenters. The second kappa shape index (κ2) is 5.37. The highest BCUT2D eigenvalue weighted by Crippen LogP contribution is 2.41. The molecule has 0 spiro atoms. The first-order valence-electron chi connectivity index (χ1n) is 7.85. The summed E-state index contributed by atoms with van der Waals surface area (Å²) in [5.41, 5.74) is 2.32. The second-order valence-corrected chi connectivity index (χ2v) is 5.61. The van der Waals surface area contributed by atoms with E-state index in [-0.39, 0.29) is 0 Å². The average molecular weight is 274 g/mol. The standard InChI is InChI=1S/C19H16.C2H6/c1-3-12-5-14-7-16-9-18-11-19(18)10-17(16)8-15(14)6-13(12)4-2;1-2/h3-10,18-19H,1-2,11H2;1-2H3. The molecule has 2 aliphatic rings. The van der Waals surface area contributed by atoms with Crippen molar-refractivity contribution in [3.8, 4) is 0 Å². The van der Waals surface area contributed by atoms with Gasteiger partial charge >= 0.3 is 0 Å².